The van der Waals surface area contributed by atoms with E-state index in [1.807, 2.05) is 23.5 Å². The van der Waals surface area contributed by atoms with E-state index in [4.69, 9.17) is 0 Å². The first-order valence-corrected chi connectivity index (χ1v) is 10.6. The molecule has 1 aromatic carbocycles. The zero-order valence-electron chi connectivity index (χ0n) is 12.6. The summed E-state index contributed by atoms with van der Waals surface area (Å²) in [5, 5.41) is 3.37. The number of nitrogens with one attached hydrogen (secondary N) is 1. The van der Waals surface area contributed by atoms with Crippen LogP contribution in [0.2, 0.25) is 0 Å². The summed E-state index contributed by atoms with van der Waals surface area (Å²) in [7, 11) is -0.489. The molecule has 122 valence electrons. The molecule has 2 rings (SSSR count). The Bertz CT molecular complexity index is 609. The first-order valence-electron chi connectivity index (χ1n) is 6.91. The predicted molar refractivity (Wildman–Crippen MR) is 93.2 cm³/mol. The molecule has 0 radical (unpaired) electrons. The van der Waals surface area contributed by atoms with Crippen molar-refractivity contribution in [3.63, 3.8) is 0 Å². The molecule has 0 bridgehead atoms. The van der Waals surface area contributed by atoms with Gasteiger partial charge in [-0.25, -0.2) is 12.7 Å². The average Bonchev–Trinajstić information content (AvgIpc) is 2.53. The summed E-state index contributed by atoms with van der Waals surface area (Å²) < 4.78 is 25.1. The number of rotatable bonds is 5. The van der Waals surface area contributed by atoms with Crippen LogP contribution in [-0.4, -0.2) is 61.8 Å². The van der Waals surface area contributed by atoms with Crippen LogP contribution >= 0.6 is 23.5 Å². The largest absolute Gasteiger partial charge is 0.351 e. The lowest BCUT2D eigenvalue weighted by atomic mass is 10.2. The van der Waals surface area contributed by atoms with E-state index in [1.165, 1.54) is 32.0 Å². The number of amides is 1. The zero-order valence-corrected chi connectivity index (χ0v) is 15.1. The number of sulfonamides is 1. The van der Waals surface area contributed by atoms with E-state index in [0.717, 1.165) is 15.8 Å². The second kappa shape index (κ2) is 7.72. The molecular weight excluding hydrogens is 340 g/mol. The molecule has 1 heterocycles. The number of thioether (sulfide) groups is 2. The molecule has 1 amide bonds. The van der Waals surface area contributed by atoms with Gasteiger partial charge in [-0.3, -0.25) is 4.79 Å². The van der Waals surface area contributed by atoms with E-state index in [9.17, 15) is 13.2 Å². The van der Waals surface area contributed by atoms with E-state index >= 15 is 0 Å². The molecule has 1 atom stereocenters. The molecule has 0 unspecified atom stereocenters. The topological polar surface area (TPSA) is 66.5 Å². The molecule has 5 nitrogen and oxygen atoms in total. The third-order valence-corrected chi connectivity index (χ3v) is 7.94. The summed E-state index contributed by atoms with van der Waals surface area (Å²) in [6.07, 6.45) is 0. The standard InChI is InChI=1S/C14H20N2O3S3/c1-16(2)22(18,19)13-5-3-11(4-6-13)14(17)15-9-12-10-20-7-8-21-12/h3-6,12H,7-10H2,1-2H3,(H,15,17)/t12-/m1/s1. The fourth-order valence-electron chi connectivity index (χ4n) is 1.95. The highest BCUT2D eigenvalue weighted by molar-refractivity contribution is 8.06. The molecule has 0 aliphatic carbocycles. The second-order valence-electron chi connectivity index (χ2n) is 5.09. The molecule has 0 saturated carbocycles. The zero-order chi connectivity index (χ0) is 16.2. The average molecular weight is 361 g/mol. The molecule has 1 N–H and O–H groups in total. The van der Waals surface area contributed by atoms with E-state index < -0.39 is 10.0 Å². The molecule has 1 aromatic rings. The van der Waals surface area contributed by atoms with E-state index in [-0.39, 0.29) is 10.8 Å². The summed E-state index contributed by atoms with van der Waals surface area (Å²) in [4.78, 5) is 12.3. The summed E-state index contributed by atoms with van der Waals surface area (Å²) >= 11 is 3.80. The predicted octanol–water partition coefficient (Wildman–Crippen LogP) is 1.52. The Balaban J connectivity index is 1.96. The van der Waals surface area contributed by atoms with Crippen molar-refractivity contribution in [3.05, 3.63) is 29.8 Å². The lowest BCUT2D eigenvalue weighted by Crippen LogP contribution is -2.33. The number of carbonyl (C=O) groups excluding carboxylic acids is 1. The smallest absolute Gasteiger partial charge is 0.251 e. The molecule has 1 aliphatic rings. The lowest BCUT2D eigenvalue weighted by molar-refractivity contribution is 0.0954. The molecule has 22 heavy (non-hydrogen) atoms. The summed E-state index contributed by atoms with van der Waals surface area (Å²) in [6, 6.07) is 6.04. The fraction of sp³-hybridized carbons (Fsp3) is 0.500. The Morgan fingerprint density at radius 1 is 1.27 bits per heavy atom. The molecule has 1 aliphatic heterocycles. The van der Waals surface area contributed by atoms with Crippen LogP contribution in [0.5, 0.6) is 0 Å². The third-order valence-electron chi connectivity index (χ3n) is 3.27. The molecular formula is C14H20N2O3S3. The highest BCUT2D eigenvalue weighted by atomic mass is 32.2. The Kier molecular flexibility index (Phi) is 6.19. The SMILES string of the molecule is CN(C)S(=O)(=O)c1ccc(C(=O)NC[C@@H]2CSCCS2)cc1. The maximum atomic E-state index is 12.1. The summed E-state index contributed by atoms with van der Waals surface area (Å²) in [5.74, 6) is 3.20. The number of carbonyl (C=O) groups is 1. The normalized spacial score (nSPS) is 19.1. The first kappa shape index (κ1) is 17.7. The number of nitrogens with zero attached hydrogens (tertiary/aromatic N) is 1. The van der Waals surface area contributed by atoms with Gasteiger partial charge in [0.05, 0.1) is 4.90 Å². The van der Waals surface area contributed by atoms with Crippen molar-refractivity contribution < 1.29 is 13.2 Å². The second-order valence-corrected chi connectivity index (χ2v) is 9.80. The van der Waals surface area contributed by atoms with Gasteiger partial charge in [-0.2, -0.15) is 23.5 Å². The van der Waals surface area contributed by atoms with Gasteiger partial charge in [-0.05, 0) is 24.3 Å². The van der Waals surface area contributed by atoms with Crippen LogP contribution in [-0.2, 0) is 10.0 Å². The van der Waals surface area contributed by atoms with Crippen LogP contribution < -0.4 is 5.32 Å². The minimum Gasteiger partial charge on any atom is -0.351 e. The number of hydrogen-bond donors (Lipinski definition) is 1. The van der Waals surface area contributed by atoms with E-state index in [2.05, 4.69) is 5.32 Å². The van der Waals surface area contributed by atoms with Gasteiger partial charge in [-0.15, -0.1) is 0 Å². The molecule has 8 heteroatoms. The van der Waals surface area contributed by atoms with Gasteiger partial charge in [0.2, 0.25) is 10.0 Å². The first-order chi connectivity index (χ1) is 10.4. The minimum atomic E-state index is -3.45. The van der Waals surface area contributed by atoms with Crippen LogP contribution in [0.3, 0.4) is 0 Å². The van der Waals surface area contributed by atoms with Crippen LogP contribution in [0.4, 0.5) is 0 Å². The van der Waals surface area contributed by atoms with Crippen molar-refractivity contribution in [1.82, 2.24) is 9.62 Å². The van der Waals surface area contributed by atoms with Crippen LogP contribution in [0.15, 0.2) is 29.2 Å². The van der Waals surface area contributed by atoms with Gasteiger partial charge in [0.25, 0.3) is 5.91 Å². The van der Waals surface area contributed by atoms with Gasteiger partial charge in [0.1, 0.15) is 0 Å². The van der Waals surface area contributed by atoms with Crippen molar-refractivity contribution in [1.29, 1.82) is 0 Å². The molecule has 1 saturated heterocycles. The number of hydrogen-bond acceptors (Lipinski definition) is 5. The van der Waals surface area contributed by atoms with Crippen molar-refractivity contribution in [2.75, 3.05) is 37.9 Å². The van der Waals surface area contributed by atoms with Gasteiger partial charge < -0.3 is 5.32 Å². The van der Waals surface area contributed by atoms with Gasteiger partial charge in [0, 0.05) is 48.7 Å². The van der Waals surface area contributed by atoms with Gasteiger partial charge in [-0.1, -0.05) is 0 Å². The maximum absolute atomic E-state index is 12.1. The van der Waals surface area contributed by atoms with Crippen LogP contribution in [0.1, 0.15) is 10.4 Å². The molecule has 0 aromatic heterocycles. The highest BCUT2D eigenvalue weighted by Gasteiger charge is 2.18. The third kappa shape index (κ3) is 4.41. The van der Waals surface area contributed by atoms with Crippen molar-refractivity contribution in [2.24, 2.45) is 0 Å². The maximum Gasteiger partial charge on any atom is 0.251 e. The minimum absolute atomic E-state index is 0.162. The Morgan fingerprint density at radius 3 is 2.50 bits per heavy atom. The summed E-state index contributed by atoms with van der Waals surface area (Å²) in [6.45, 7) is 0.647. The van der Waals surface area contributed by atoms with Crippen molar-refractivity contribution >= 4 is 39.5 Å². The Labute approximate surface area is 140 Å². The quantitative estimate of drug-likeness (QED) is 0.862. The Morgan fingerprint density at radius 2 is 1.95 bits per heavy atom. The summed E-state index contributed by atoms with van der Waals surface area (Å²) in [5.41, 5.74) is 0.478. The lowest BCUT2D eigenvalue weighted by Gasteiger charge is -2.21. The molecule has 1 fully saturated rings. The fourth-order valence-corrected chi connectivity index (χ4v) is 5.47. The van der Waals surface area contributed by atoms with E-state index in [1.54, 1.807) is 12.1 Å². The molecule has 0 spiro atoms. The van der Waals surface area contributed by atoms with E-state index in [0.29, 0.717) is 17.4 Å². The van der Waals surface area contributed by atoms with Crippen LogP contribution in [0, 0.1) is 0 Å². The van der Waals surface area contributed by atoms with Crippen molar-refractivity contribution in [3.8, 4) is 0 Å². The van der Waals surface area contributed by atoms with Crippen LogP contribution in [0.25, 0.3) is 0 Å². The monoisotopic (exact) mass is 360 g/mol. The van der Waals surface area contributed by atoms with Gasteiger partial charge in [0.15, 0.2) is 0 Å². The highest BCUT2D eigenvalue weighted by Crippen LogP contribution is 2.23. The van der Waals surface area contributed by atoms with Crippen molar-refractivity contribution in [2.45, 2.75) is 10.1 Å². The number of benzene rings is 1. The van der Waals surface area contributed by atoms with Gasteiger partial charge >= 0.3 is 0 Å². The Hall–Kier alpha value is -0.700.